The molecule has 100 valence electrons. The molecular formula is C16H15N3O. The quantitative estimate of drug-likeness (QED) is 0.679. The van der Waals surface area contributed by atoms with Crippen molar-refractivity contribution in [3.05, 3.63) is 71.6 Å². The summed E-state index contributed by atoms with van der Waals surface area (Å²) in [4.78, 5) is 10.5. The van der Waals surface area contributed by atoms with E-state index in [1.54, 1.807) is 12.3 Å². The number of fused-ring (bicyclic) bond motifs is 1. The van der Waals surface area contributed by atoms with Gasteiger partial charge in [0.25, 0.3) is 0 Å². The van der Waals surface area contributed by atoms with Gasteiger partial charge in [0.2, 0.25) is 0 Å². The summed E-state index contributed by atoms with van der Waals surface area (Å²) in [5.41, 5.74) is 3.40. The van der Waals surface area contributed by atoms with E-state index in [1.807, 2.05) is 30.3 Å². The number of aldehydes is 1. The minimum absolute atomic E-state index is 0.00921. The van der Waals surface area contributed by atoms with Gasteiger partial charge in [0.1, 0.15) is 6.29 Å². The first-order chi connectivity index (χ1) is 9.88. The van der Waals surface area contributed by atoms with Crippen molar-refractivity contribution in [2.24, 2.45) is 0 Å². The summed E-state index contributed by atoms with van der Waals surface area (Å²) in [5, 5.41) is 11.7. The molecule has 1 N–H and O–H groups in total. The Morgan fingerprint density at radius 2 is 2.10 bits per heavy atom. The molecule has 0 bridgehead atoms. The predicted molar refractivity (Wildman–Crippen MR) is 76.1 cm³/mol. The number of rotatable bonds is 3. The average Bonchev–Trinajstić information content (AvgIpc) is 2.53. The van der Waals surface area contributed by atoms with E-state index in [9.17, 15) is 4.79 Å². The standard InChI is InChI=1S/C16H15N3O/c20-10-4-6-13-11-12-5-1-2-7-14(12)16(18-13)15-8-3-9-17-19-15/h1-10,13,16,18H,11H2. The Bertz CT molecular complexity index is 625. The summed E-state index contributed by atoms with van der Waals surface area (Å²) in [7, 11) is 0. The molecule has 0 amide bonds. The van der Waals surface area contributed by atoms with Crippen molar-refractivity contribution in [3.63, 3.8) is 0 Å². The van der Waals surface area contributed by atoms with Crippen LogP contribution in [0, 0.1) is 0 Å². The molecule has 4 heteroatoms. The molecule has 3 rings (SSSR count). The van der Waals surface area contributed by atoms with Crippen LogP contribution in [0.25, 0.3) is 0 Å². The molecule has 2 atom stereocenters. The number of carbonyl (C=O) groups is 1. The summed E-state index contributed by atoms with van der Waals surface area (Å²) in [6.07, 6.45) is 6.78. The number of carbonyl (C=O) groups excluding carboxylic acids is 1. The molecule has 1 aromatic carbocycles. The molecule has 0 aliphatic carbocycles. The van der Waals surface area contributed by atoms with Crippen LogP contribution in [0.4, 0.5) is 0 Å². The summed E-state index contributed by atoms with van der Waals surface area (Å²) < 4.78 is 0. The second-order valence-electron chi connectivity index (χ2n) is 4.78. The van der Waals surface area contributed by atoms with Crippen molar-refractivity contribution in [1.29, 1.82) is 0 Å². The molecule has 2 aromatic rings. The summed E-state index contributed by atoms with van der Waals surface area (Å²) in [5.74, 6) is 0. The molecule has 2 unspecified atom stereocenters. The number of allylic oxidation sites excluding steroid dienone is 1. The van der Waals surface area contributed by atoms with Gasteiger partial charge >= 0.3 is 0 Å². The fourth-order valence-electron chi connectivity index (χ4n) is 2.62. The Hall–Kier alpha value is -2.33. The van der Waals surface area contributed by atoms with Crippen LogP contribution >= 0.6 is 0 Å². The molecule has 0 spiro atoms. The maximum atomic E-state index is 10.5. The minimum Gasteiger partial charge on any atom is -0.299 e. The molecule has 0 radical (unpaired) electrons. The third kappa shape index (κ3) is 2.51. The van der Waals surface area contributed by atoms with E-state index in [0.29, 0.717) is 0 Å². The van der Waals surface area contributed by atoms with Crippen LogP contribution in [0.5, 0.6) is 0 Å². The summed E-state index contributed by atoms with van der Waals surface area (Å²) in [6, 6.07) is 12.3. The second-order valence-corrected chi connectivity index (χ2v) is 4.78. The largest absolute Gasteiger partial charge is 0.299 e. The molecule has 1 aromatic heterocycles. The fourth-order valence-corrected chi connectivity index (χ4v) is 2.62. The van der Waals surface area contributed by atoms with Crippen molar-refractivity contribution < 1.29 is 4.79 Å². The lowest BCUT2D eigenvalue weighted by molar-refractivity contribution is -0.104. The van der Waals surface area contributed by atoms with Gasteiger partial charge in [0, 0.05) is 12.2 Å². The van der Waals surface area contributed by atoms with Gasteiger partial charge in [-0.3, -0.25) is 10.1 Å². The highest BCUT2D eigenvalue weighted by Crippen LogP contribution is 2.29. The first-order valence-electron chi connectivity index (χ1n) is 6.62. The lowest BCUT2D eigenvalue weighted by Crippen LogP contribution is -2.39. The number of hydrogen-bond acceptors (Lipinski definition) is 4. The highest BCUT2D eigenvalue weighted by atomic mass is 16.1. The van der Waals surface area contributed by atoms with E-state index in [1.165, 1.54) is 11.1 Å². The van der Waals surface area contributed by atoms with Gasteiger partial charge in [-0.15, -0.1) is 0 Å². The highest BCUT2D eigenvalue weighted by Gasteiger charge is 2.26. The minimum atomic E-state index is 0.00921. The van der Waals surface area contributed by atoms with Gasteiger partial charge < -0.3 is 0 Å². The maximum absolute atomic E-state index is 10.5. The third-order valence-electron chi connectivity index (χ3n) is 3.50. The maximum Gasteiger partial charge on any atom is 0.142 e. The van der Waals surface area contributed by atoms with Crippen molar-refractivity contribution >= 4 is 6.29 Å². The zero-order valence-corrected chi connectivity index (χ0v) is 10.9. The van der Waals surface area contributed by atoms with Crippen LogP contribution in [0.3, 0.4) is 0 Å². The van der Waals surface area contributed by atoms with Crippen molar-refractivity contribution in [2.45, 2.75) is 18.5 Å². The Morgan fingerprint density at radius 3 is 2.90 bits per heavy atom. The van der Waals surface area contributed by atoms with Gasteiger partial charge in [0.05, 0.1) is 11.7 Å². The van der Waals surface area contributed by atoms with Gasteiger partial charge in [-0.1, -0.05) is 30.3 Å². The normalized spacial score (nSPS) is 21.6. The van der Waals surface area contributed by atoms with Gasteiger partial charge in [-0.25, -0.2) is 0 Å². The monoisotopic (exact) mass is 265 g/mol. The molecule has 0 fully saturated rings. The summed E-state index contributed by atoms with van der Waals surface area (Å²) in [6.45, 7) is 0. The number of aromatic nitrogens is 2. The SMILES string of the molecule is O=CC=CC1Cc2ccccc2C(c2cccnn2)N1. The first kappa shape index (κ1) is 12.7. The number of benzene rings is 1. The summed E-state index contributed by atoms with van der Waals surface area (Å²) >= 11 is 0. The van der Waals surface area contributed by atoms with Crippen molar-refractivity contribution in [2.75, 3.05) is 0 Å². The van der Waals surface area contributed by atoms with Crippen molar-refractivity contribution in [1.82, 2.24) is 15.5 Å². The second kappa shape index (κ2) is 5.75. The van der Waals surface area contributed by atoms with Gasteiger partial charge in [-0.2, -0.15) is 10.2 Å². The first-order valence-corrected chi connectivity index (χ1v) is 6.62. The van der Waals surface area contributed by atoms with E-state index >= 15 is 0 Å². The number of nitrogens with zero attached hydrogens (tertiary/aromatic N) is 2. The highest BCUT2D eigenvalue weighted by molar-refractivity contribution is 5.64. The number of nitrogens with one attached hydrogen (secondary N) is 1. The molecular weight excluding hydrogens is 250 g/mol. The smallest absolute Gasteiger partial charge is 0.142 e. The predicted octanol–water partition coefficient (Wildman–Crippen LogP) is 1.84. The number of hydrogen-bond donors (Lipinski definition) is 1. The van der Waals surface area contributed by atoms with E-state index in [-0.39, 0.29) is 12.1 Å². The Morgan fingerprint density at radius 1 is 1.20 bits per heavy atom. The molecule has 20 heavy (non-hydrogen) atoms. The Balaban J connectivity index is 1.99. The molecule has 0 saturated heterocycles. The fraction of sp³-hybridized carbons (Fsp3) is 0.188. The van der Waals surface area contributed by atoms with Crippen LogP contribution in [0.15, 0.2) is 54.7 Å². The van der Waals surface area contributed by atoms with Crippen LogP contribution in [-0.2, 0) is 11.2 Å². The Kier molecular flexibility index (Phi) is 3.65. The van der Waals surface area contributed by atoms with E-state index in [4.69, 9.17) is 0 Å². The van der Waals surface area contributed by atoms with Crippen LogP contribution in [0.1, 0.15) is 22.9 Å². The van der Waals surface area contributed by atoms with Crippen LogP contribution in [0.2, 0.25) is 0 Å². The lowest BCUT2D eigenvalue weighted by Gasteiger charge is -2.31. The topological polar surface area (TPSA) is 54.9 Å². The molecule has 1 aliphatic heterocycles. The molecule has 0 saturated carbocycles. The zero-order valence-electron chi connectivity index (χ0n) is 10.9. The molecule has 1 aliphatic rings. The zero-order chi connectivity index (χ0) is 13.8. The third-order valence-corrected chi connectivity index (χ3v) is 3.50. The van der Waals surface area contributed by atoms with Crippen LogP contribution < -0.4 is 5.32 Å². The molecule has 4 nitrogen and oxygen atoms in total. The van der Waals surface area contributed by atoms with Gasteiger partial charge in [0.15, 0.2) is 0 Å². The van der Waals surface area contributed by atoms with E-state index < -0.39 is 0 Å². The van der Waals surface area contributed by atoms with E-state index in [0.717, 1.165) is 18.4 Å². The average molecular weight is 265 g/mol. The van der Waals surface area contributed by atoms with Crippen LogP contribution in [-0.4, -0.2) is 22.5 Å². The van der Waals surface area contributed by atoms with Crippen molar-refractivity contribution in [3.8, 4) is 0 Å². The lowest BCUT2D eigenvalue weighted by atomic mass is 9.88. The Labute approximate surface area is 117 Å². The van der Waals surface area contributed by atoms with Gasteiger partial charge in [-0.05, 0) is 35.8 Å². The van der Waals surface area contributed by atoms with E-state index in [2.05, 4.69) is 27.6 Å². The molecule has 2 heterocycles.